The molecule has 2 N–H and O–H groups in total. The first kappa shape index (κ1) is 11.1. The zero-order valence-corrected chi connectivity index (χ0v) is 9.67. The van der Waals surface area contributed by atoms with Crippen molar-refractivity contribution in [3.8, 4) is 0 Å². The molecule has 0 fully saturated rings. The normalized spacial score (nSPS) is 9.93. The first-order chi connectivity index (χ1) is 6.59. The van der Waals surface area contributed by atoms with E-state index in [1.807, 2.05) is 25.3 Å². The van der Waals surface area contributed by atoms with Gasteiger partial charge in [0, 0.05) is 6.04 Å². The van der Waals surface area contributed by atoms with Crippen molar-refractivity contribution in [1.29, 1.82) is 0 Å². The second kappa shape index (κ2) is 5.07. The number of carbonyl (C=O) groups is 1. The van der Waals surface area contributed by atoms with Crippen LogP contribution in [-0.4, -0.2) is 17.1 Å². The van der Waals surface area contributed by atoms with Crippen molar-refractivity contribution in [1.82, 2.24) is 10.6 Å². The third-order valence-electron chi connectivity index (χ3n) is 1.39. The Balaban J connectivity index is 2.46. The molecule has 76 valence electrons. The molecular formula is C9H12N2OS2. The fourth-order valence-electron chi connectivity index (χ4n) is 0.871. The zero-order valence-electron chi connectivity index (χ0n) is 8.03. The van der Waals surface area contributed by atoms with Crippen molar-refractivity contribution >= 4 is 34.6 Å². The highest BCUT2D eigenvalue weighted by Crippen LogP contribution is 2.07. The standard InChI is InChI=1S/C9H12N2OS2/c1-6(2)10-9(13)11-8(12)7-4-3-5-14-7/h3-6H,1-2H3,(H2,10,11,12,13). The van der Waals surface area contributed by atoms with Gasteiger partial charge < -0.3 is 5.32 Å². The number of rotatable bonds is 2. The molecule has 1 aromatic heterocycles. The highest BCUT2D eigenvalue weighted by molar-refractivity contribution is 7.80. The summed E-state index contributed by atoms with van der Waals surface area (Å²) >= 11 is 6.33. The molecule has 0 aliphatic heterocycles. The summed E-state index contributed by atoms with van der Waals surface area (Å²) in [6, 6.07) is 3.82. The number of nitrogens with one attached hydrogen (secondary N) is 2. The topological polar surface area (TPSA) is 41.1 Å². The van der Waals surface area contributed by atoms with Crippen LogP contribution >= 0.6 is 23.6 Å². The Labute approximate surface area is 92.5 Å². The molecular weight excluding hydrogens is 216 g/mol. The highest BCUT2D eigenvalue weighted by atomic mass is 32.1. The molecule has 1 heterocycles. The minimum absolute atomic E-state index is 0.154. The molecule has 0 spiro atoms. The van der Waals surface area contributed by atoms with Gasteiger partial charge in [0.05, 0.1) is 4.88 Å². The number of carbonyl (C=O) groups excluding carboxylic acids is 1. The molecule has 5 heteroatoms. The molecule has 0 saturated heterocycles. The summed E-state index contributed by atoms with van der Waals surface area (Å²) in [5, 5.41) is 7.77. The fraction of sp³-hybridized carbons (Fsp3) is 0.333. The van der Waals surface area contributed by atoms with Crippen LogP contribution in [0.5, 0.6) is 0 Å². The van der Waals surface area contributed by atoms with Crippen molar-refractivity contribution in [2.75, 3.05) is 0 Å². The summed E-state index contributed by atoms with van der Waals surface area (Å²) in [5.74, 6) is -0.154. The monoisotopic (exact) mass is 228 g/mol. The van der Waals surface area contributed by atoms with Crippen molar-refractivity contribution in [2.24, 2.45) is 0 Å². The summed E-state index contributed by atoms with van der Waals surface area (Å²) in [4.78, 5) is 12.1. The maximum absolute atomic E-state index is 11.5. The Morgan fingerprint density at radius 2 is 2.29 bits per heavy atom. The van der Waals surface area contributed by atoms with E-state index in [2.05, 4.69) is 10.6 Å². The highest BCUT2D eigenvalue weighted by Gasteiger charge is 2.08. The van der Waals surface area contributed by atoms with Gasteiger partial charge in [0.2, 0.25) is 0 Å². The average molecular weight is 228 g/mol. The van der Waals surface area contributed by atoms with Gasteiger partial charge in [-0.2, -0.15) is 0 Å². The number of thiophene rings is 1. The number of amides is 1. The second-order valence-electron chi connectivity index (χ2n) is 3.06. The SMILES string of the molecule is CC(C)NC(=S)NC(=O)c1cccs1. The Hall–Kier alpha value is -0.940. The van der Waals surface area contributed by atoms with E-state index in [4.69, 9.17) is 12.2 Å². The van der Waals surface area contributed by atoms with E-state index in [0.717, 1.165) is 0 Å². The molecule has 14 heavy (non-hydrogen) atoms. The third kappa shape index (κ3) is 3.43. The summed E-state index contributed by atoms with van der Waals surface area (Å²) in [7, 11) is 0. The van der Waals surface area contributed by atoms with Crippen LogP contribution in [0, 0.1) is 0 Å². The number of thiocarbonyl (C=S) groups is 1. The van der Waals surface area contributed by atoms with Crippen LogP contribution in [0.3, 0.4) is 0 Å². The van der Waals surface area contributed by atoms with Gasteiger partial charge in [-0.05, 0) is 37.5 Å². The minimum atomic E-state index is -0.154. The first-order valence-corrected chi connectivity index (χ1v) is 5.53. The Kier molecular flexibility index (Phi) is 4.03. The lowest BCUT2D eigenvalue weighted by Crippen LogP contribution is -2.42. The lowest BCUT2D eigenvalue weighted by Gasteiger charge is -2.11. The lowest BCUT2D eigenvalue weighted by molar-refractivity contribution is 0.0980. The maximum Gasteiger partial charge on any atom is 0.267 e. The summed E-state index contributed by atoms with van der Waals surface area (Å²) in [6.45, 7) is 3.92. The molecule has 3 nitrogen and oxygen atoms in total. The number of hydrogen-bond donors (Lipinski definition) is 2. The predicted octanol–water partition coefficient (Wildman–Crippen LogP) is 1.76. The second-order valence-corrected chi connectivity index (χ2v) is 4.42. The molecule has 0 aromatic carbocycles. The van der Waals surface area contributed by atoms with E-state index in [1.54, 1.807) is 6.07 Å². The first-order valence-electron chi connectivity index (χ1n) is 4.25. The van der Waals surface area contributed by atoms with E-state index in [1.165, 1.54) is 11.3 Å². The van der Waals surface area contributed by atoms with Gasteiger partial charge in [-0.1, -0.05) is 6.07 Å². The van der Waals surface area contributed by atoms with Gasteiger partial charge in [-0.15, -0.1) is 11.3 Å². The minimum Gasteiger partial charge on any atom is -0.360 e. The summed E-state index contributed by atoms with van der Waals surface area (Å²) in [5.41, 5.74) is 0. The van der Waals surface area contributed by atoms with E-state index >= 15 is 0 Å². The largest absolute Gasteiger partial charge is 0.360 e. The van der Waals surface area contributed by atoms with Crippen LogP contribution in [-0.2, 0) is 0 Å². The van der Waals surface area contributed by atoms with Crippen molar-refractivity contribution in [2.45, 2.75) is 19.9 Å². The molecule has 0 unspecified atom stereocenters. The Bertz CT molecular complexity index is 320. The molecule has 0 atom stereocenters. The Morgan fingerprint density at radius 1 is 1.57 bits per heavy atom. The van der Waals surface area contributed by atoms with E-state index in [0.29, 0.717) is 9.99 Å². The molecule has 1 amide bonds. The zero-order chi connectivity index (χ0) is 10.6. The Morgan fingerprint density at radius 3 is 2.79 bits per heavy atom. The van der Waals surface area contributed by atoms with Gasteiger partial charge in [0.1, 0.15) is 0 Å². The maximum atomic E-state index is 11.5. The summed E-state index contributed by atoms with van der Waals surface area (Å²) < 4.78 is 0. The average Bonchev–Trinajstić information content (AvgIpc) is 2.53. The predicted molar refractivity (Wildman–Crippen MR) is 62.7 cm³/mol. The molecule has 0 aliphatic carbocycles. The van der Waals surface area contributed by atoms with Crippen LogP contribution in [0.2, 0.25) is 0 Å². The molecule has 0 saturated carbocycles. The molecule has 1 aromatic rings. The van der Waals surface area contributed by atoms with Crippen molar-refractivity contribution < 1.29 is 4.79 Å². The van der Waals surface area contributed by atoms with Gasteiger partial charge in [0.15, 0.2) is 5.11 Å². The quantitative estimate of drug-likeness (QED) is 0.758. The van der Waals surface area contributed by atoms with Crippen molar-refractivity contribution in [3.05, 3.63) is 22.4 Å². The van der Waals surface area contributed by atoms with Crippen LogP contribution in [0.25, 0.3) is 0 Å². The van der Waals surface area contributed by atoms with E-state index in [-0.39, 0.29) is 11.9 Å². The molecule has 0 radical (unpaired) electrons. The van der Waals surface area contributed by atoms with Crippen LogP contribution < -0.4 is 10.6 Å². The van der Waals surface area contributed by atoms with E-state index < -0.39 is 0 Å². The fourth-order valence-corrected chi connectivity index (χ4v) is 1.82. The van der Waals surface area contributed by atoms with Crippen LogP contribution in [0.4, 0.5) is 0 Å². The molecule has 1 rings (SSSR count). The van der Waals surface area contributed by atoms with Gasteiger partial charge in [-0.25, -0.2) is 0 Å². The van der Waals surface area contributed by atoms with Crippen LogP contribution in [0.15, 0.2) is 17.5 Å². The van der Waals surface area contributed by atoms with Gasteiger partial charge in [0.25, 0.3) is 5.91 Å². The van der Waals surface area contributed by atoms with Crippen molar-refractivity contribution in [3.63, 3.8) is 0 Å². The lowest BCUT2D eigenvalue weighted by atomic mass is 10.4. The summed E-state index contributed by atoms with van der Waals surface area (Å²) in [6.07, 6.45) is 0. The number of hydrogen-bond acceptors (Lipinski definition) is 3. The van der Waals surface area contributed by atoms with E-state index in [9.17, 15) is 4.79 Å². The van der Waals surface area contributed by atoms with Crippen LogP contribution in [0.1, 0.15) is 23.5 Å². The molecule has 0 bridgehead atoms. The smallest absolute Gasteiger partial charge is 0.267 e. The molecule has 0 aliphatic rings. The van der Waals surface area contributed by atoms with Gasteiger partial charge in [-0.3, -0.25) is 10.1 Å². The third-order valence-corrected chi connectivity index (χ3v) is 2.48. The van der Waals surface area contributed by atoms with Gasteiger partial charge >= 0.3 is 0 Å².